The number of nitrogens with zero attached hydrogens (tertiary/aromatic N) is 3. The van der Waals surface area contributed by atoms with Crippen LogP contribution in [0, 0.1) is 5.82 Å². The number of amides is 2. The third-order valence-electron chi connectivity index (χ3n) is 6.34. The van der Waals surface area contributed by atoms with E-state index in [9.17, 15) is 14.0 Å². The molecule has 0 unspecified atom stereocenters. The molecule has 0 saturated carbocycles. The van der Waals surface area contributed by atoms with Crippen LogP contribution in [0.25, 0.3) is 0 Å². The number of halogens is 1. The van der Waals surface area contributed by atoms with E-state index in [0.29, 0.717) is 17.9 Å². The summed E-state index contributed by atoms with van der Waals surface area (Å²) in [6.45, 7) is 0.105. The molecule has 0 fully saturated rings. The minimum absolute atomic E-state index is 0.152. The number of benzene rings is 3. The molecule has 1 aliphatic rings. The van der Waals surface area contributed by atoms with Crippen molar-refractivity contribution < 1.29 is 28.2 Å². The summed E-state index contributed by atoms with van der Waals surface area (Å²) in [7, 11) is 4.69. The second-order valence-electron chi connectivity index (χ2n) is 8.71. The molecule has 0 spiro atoms. The highest BCUT2D eigenvalue weighted by Gasteiger charge is 2.36. The van der Waals surface area contributed by atoms with Crippen molar-refractivity contribution in [3.05, 3.63) is 95.3 Å². The number of carbonyl (C=O) groups excluding carboxylic acids is 2. The monoisotopic (exact) mass is 519 g/mol. The summed E-state index contributed by atoms with van der Waals surface area (Å²) < 4.78 is 29.8. The lowest BCUT2D eigenvalue weighted by Crippen LogP contribution is -2.42. The first-order chi connectivity index (χ1) is 18.4. The van der Waals surface area contributed by atoms with Gasteiger partial charge in [-0.1, -0.05) is 24.3 Å². The van der Waals surface area contributed by atoms with Gasteiger partial charge in [0, 0.05) is 31.2 Å². The van der Waals surface area contributed by atoms with Crippen molar-refractivity contribution in [3.8, 4) is 11.5 Å². The highest BCUT2D eigenvalue weighted by atomic mass is 19.1. The van der Waals surface area contributed by atoms with Gasteiger partial charge >= 0.3 is 0 Å². The first-order valence-corrected chi connectivity index (χ1v) is 12.2. The zero-order chi connectivity index (χ0) is 27.1. The molecule has 0 saturated heterocycles. The molecule has 9 heteroatoms. The summed E-state index contributed by atoms with van der Waals surface area (Å²) >= 11 is 0. The Morgan fingerprint density at radius 3 is 2.45 bits per heavy atom. The molecule has 0 bridgehead atoms. The zero-order valence-corrected chi connectivity index (χ0v) is 21.6. The molecule has 0 aliphatic carbocycles. The van der Waals surface area contributed by atoms with Crippen LogP contribution in [0.5, 0.6) is 11.5 Å². The summed E-state index contributed by atoms with van der Waals surface area (Å²) in [6, 6.07) is 19.9. The van der Waals surface area contributed by atoms with Gasteiger partial charge in [-0.15, -0.1) is 0 Å². The van der Waals surface area contributed by atoms with E-state index in [1.807, 2.05) is 48.5 Å². The average Bonchev–Trinajstić information content (AvgIpc) is 3.40. The van der Waals surface area contributed by atoms with E-state index in [-0.39, 0.29) is 31.2 Å². The average molecular weight is 520 g/mol. The Bertz CT molecular complexity index is 1310. The molecular weight excluding hydrogens is 489 g/mol. The summed E-state index contributed by atoms with van der Waals surface area (Å²) in [6.07, 6.45) is 0.453. The maximum atomic E-state index is 13.8. The molecule has 1 aliphatic heterocycles. The smallest absolute Gasteiger partial charge is 0.262 e. The molecule has 3 aromatic carbocycles. The minimum Gasteiger partial charge on any atom is -0.497 e. The summed E-state index contributed by atoms with van der Waals surface area (Å²) in [5.41, 5.74) is 2.53. The molecule has 2 amide bonds. The van der Waals surface area contributed by atoms with Crippen LogP contribution in [-0.4, -0.2) is 68.5 Å². The van der Waals surface area contributed by atoms with Crippen LogP contribution >= 0.6 is 0 Å². The Balaban J connectivity index is 1.66. The Hall–Kier alpha value is -4.24. The van der Waals surface area contributed by atoms with E-state index in [4.69, 9.17) is 19.3 Å². The molecule has 3 aromatic rings. The van der Waals surface area contributed by atoms with Gasteiger partial charge < -0.3 is 19.1 Å². The Kier molecular flexibility index (Phi) is 8.70. The molecule has 8 nitrogen and oxygen atoms in total. The van der Waals surface area contributed by atoms with Crippen LogP contribution in [0.15, 0.2) is 77.9 Å². The third-order valence-corrected chi connectivity index (χ3v) is 6.34. The molecule has 0 aromatic heterocycles. The third kappa shape index (κ3) is 6.00. The largest absolute Gasteiger partial charge is 0.497 e. The maximum Gasteiger partial charge on any atom is 0.262 e. The van der Waals surface area contributed by atoms with Crippen molar-refractivity contribution in [1.82, 2.24) is 9.91 Å². The number of hydrogen-bond donors (Lipinski definition) is 0. The summed E-state index contributed by atoms with van der Waals surface area (Å²) in [5, 5.41) is 6.11. The summed E-state index contributed by atoms with van der Waals surface area (Å²) in [4.78, 5) is 28.3. The van der Waals surface area contributed by atoms with Crippen LogP contribution in [0.1, 0.15) is 33.9 Å². The van der Waals surface area contributed by atoms with Gasteiger partial charge in [0.05, 0.1) is 32.6 Å². The fourth-order valence-electron chi connectivity index (χ4n) is 4.38. The second-order valence-corrected chi connectivity index (χ2v) is 8.71. The standard InChI is InChI=1S/C29H30FN3O5/c1-36-16-15-32(29(35)21-7-6-8-22(30)17-21)19-28(34)33-26(24-9-4-5-10-27(24)38-3)18-25(31-33)20-11-13-23(37-2)14-12-20/h4-14,17,26H,15-16,18-19H2,1-3H3/t26-/m0/s1. The highest BCUT2D eigenvalue weighted by Crippen LogP contribution is 2.37. The Morgan fingerprint density at radius 2 is 1.76 bits per heavy atom. The molecule has 0 N–H and O–H groups in total. The van der Waals surface area contributed by atoms with Crippen LogP contribution in [0.2, 0.25) is 0 Å². The normalized spacial score (nSPS) is 14.7. The second kappa shape index (κ2) is 12.3. The van der Waals surface area contributed by atoms with Crippen molar-refractivity contribution in [2.24, 2.45) is 5.10 Å². The zero-order valence-electron chi connectivity index (χ0n) is 21.6. The SMILES string of the molecule is COCCN(CC(=O)N1N=C(c2ccc(OC)cc2)C[C@H]1c1ccccc1OC)C(=O)c1cccc(F)c1. The quantitative estimate of drug-likeness (QED) is 0.399. The number of methoxy groups -OCH3 is 3. The Labute approximate surface area is 221 Å². The van der Waals surface area contributed by atoms with E-state index < -0.39 is 17.8 Å². The molecule has 198 valence electrons. The number of rotatable bonds is 10. The number of carbonyl (C=O) groups is 2. The lowest BCUT2D eigenvalue weighted by Gasteiger charge is -2.27. The predicted octanol–water partition coefficient (Wildman–Crippen LogP) is 4.31. The van der Waals surface area contributed by atoms with Gasteiger partial charge in [-0.3, -0.25) is 9.59 Å². The molecule has 4 rings (SSSR count). The number of ether oxygens (including phenoxy) is 3. The van der Waals surface area contributed by atoms with E-state index in [1.54, 1.807) is 14.2 Å². The van der Waals surface area contributed by atoms with Gasteiger partial charge in [0.25, 0.3) is 11.8 Å². The lowest BCUT2D eigenvalue weighted by molar-refractivity contribution is -0.133. The molecule has 0 radical (unpaired) electrons. The van der Waals surface area contributed by atoms with Crippen LogP contribution in [0.4, 0.5) is 4.39 Å². The topological polar surface area (TPSA) is 80.7 Å². The lowest BCUT2D eigenvalue weighted by atomic mass is 9.97. The highest BCUT2D eigenvalue weighted by molar-refractivity contribution is 6.04. The number of hydrazone groups is 1. The van der Waals surface area contributed by atoms with Gasteiger partial charge in [-0.2, -0.15) is 5.10 Å². The molecule has 1 heterocycles. The van der Waals surface area contributed by atoms with E-state index in [1.165, 1.54) is 35.2 Å². The van der Waals surface area contributed by atoms with Crippen molar-refractivity contribution in [3.63, 3.8) is 0 Å². The molecular formula is C29H30FN3O5. The van der Waals surface area contributed by atoms with Crippen LogP contribution in [-0.2, 0) is 9.53 Å². The first-order valence-electron chi connectivity index (χ1n) is 12.2. The fraction of sp³-hybridized carbons (Fsp3) is 0.276. The van der Waals surface area contributed by atoms with Crippen LogP contribution < -0.4 is 9.47 Å². The van der Waals surface area contributed by atoms with Gasteiger partial charge in [0.15, 0.2) is 0 Å². The van der Waals surface area contributed by atoms with E-state index in [2.05, 4.69) is 0 Å². The van der Waals surface area contributed by atoms with Crippen molar-refractivity contribution in [2.75, 3.05) is 41.0 Å². The number of para-hydroxylation sites is 1. The van der Waals surface area contributed by atoms with Gasteiger partial charge in [0.1, 0.15) is 23.9 Å². The van der Waals surface area contributed by atoms with Gasteiger partial charge in [0.2, 0.25) is 0 Å². The van der Waals surface area contributed by atoms with E-state index >= 15 is 0 Å². The van der Waals surface area contributed by atoms with Crippen LogP contribution in [0.3, 0.4) is 0 Å². The minimum atomic E-state index is -0.529. The Morgan fingerprint density at radius 1 is 1.00 bits per heavy atom. The van der Waals surface area contributed by atoms with E-state index in [0.717, 1.165) is 22.9 Å². The molecule has 1 atom stereocenters. The van der Waals surface area contributed by atoms with Crippen molar-refractivity contribution in [1.29, 1.82) is 0 Å². The van der Waals surface area contributed by atoms with Crippen molar-refractivity contribution in [2.45, 2.75) is 12.5 Å². The van der Waals surface area contributed by atoms with Gasteiger partial charge in [-0.05, 0) is 54.1 Å². The fourth-order valence-corrected chi connectivity index (χ4v) is 4.38. The first kappa shape index (κ1) is 26.8. The number of hydrogen-bond acceptors (Lipinski definition) is 6. The van der Waals surface area contributed by atoms with Crippen molar-refractivity contribution >= 4 is 17.5 Å². The predicted molar refractivity (Wildman–Crippen MR) is 141 cm³/mol. The summed E-state index contributed by atoms with van der Waals surface area (Å²) in [5.74, 6) is -0.0364. The molecule has 38 heavy (non-hydrogen) atoms. The van der Waals surface area contributed by atoms with Gasteiger partial charge in [-0.25, -0.2) is 9.40 Å². The maximum absolute atomic E-state index is 13.8.